The van der Waals surface area contributed by atoms with Gasteiger partial charge in [0.25, 0.3) is 0 Å². The number of aromatic nitrogens is 2. The van der Waals surface area contributed by atoms with Crippen LogP contribution in [0.25, 0.3) is 0 Å². The molecule has 4 heteroatoms. The highest BCUT2D eigenvalue weighted by Crippen LogP contribution is 2.33. The number of ether oxygens (including phenoxy) is 1. The largest absolute Gasteiger partial charge is 0.469 e. The van der Waals surface area contributed by atoms with Crippen LogP contribution in [-0.4, -0.2) is 9.97 Å². The number of halogens is 1. The zero-order valence-corrected chi connectivity index (χ0v) is 13.1. The minimum atomic E-state index is 0.0564. The maximum absolute atomic E-state index is 6.12. The molecule has 0 spiro atoms. The fourth-order valence-corrected chi connectivity index (χ4v) is 2.89. The van der Waals surface area contributed by atoms with Crippen LogP contribution in [-0.2, 0) is 6.42 Å². The third kappa shape index (κ3) is 3.18. The first-order valence-corrected chi connectivity index (χ1v) is 7.80. The topological polar surface area (TPSA) is 35.0 Å². The summed E-state index contributed by atoms with van der Waals surface area (Å²) in [4.78, 5) is 8.73. The Bertz CT molecular complexity index is 642. The van der Waals surface area contributed by atoms with E-state index in [-0.39, 0.29) is 12.0 Å². The number of benzene rings is 1. The molecule has 1 heterocycles. The smallest absolute Gasteiger partial charge is 0.218 e. The molecule has 0 saturated heterocycles. The maximum atomic E-state index is 6.12. The standard InChI is InChI=1S/C17H19ClN2O/c1-11(2)17-19-15(18)10-16(20-17)21-14-9-5-7-12-6-3-4-8-13(12)14/h3-4,6,8,10-11,14H,5,7,9H2,1-2H3. The number of rotatable bonds is 3. The lowest BCUT2D eigenvalue weighted by Gasteiger charge is -2.26. The lowest BCUT2D eigenvalue weighted by atomic mass is 9.89. The van der Waals surface area contributed by atoms with Crippen LogP contribution in [0.2, 0.25) is 5.15 Å². The Morgan fingerprint density at radius 2 is 2.05 bits per heavy atom. The summed E-state index contributed by atoms with van der Waals surface area (Å²) >= 11 is 6.08. The van der Waals surface area contributed by atoms with Crippen LogP contribution in [0.1, 0.15) is 55.7 Å². The molecule has 0 N–H and O–H groups in total. The summed E-state index contributed by atoms with van der Waals surface area (Å²) in [5.74, 6) is 1.52. The molecule has 0 radical (unpaired) electrons. The highest BCUT2D eigenvalue weighted by atomic mass is 35.5. The third-order valence-electron chi connectivity index (χ3n) is 3.78. The Balaban J connectivity index is 1.88. The fraction of sp³-hybridized carbons (Fsp3) is 0.412. The van der Waals surface area contributed by atoms with E-state index in [1.807, 2.05) is 13.8 Å². The van der Waals surface area contributed by atoms with Crippen molar-refractivity contribution in [3.05, 3.63) is 52.4 Å². The lowest BCUT2D eigenvalue weighted by molar-refractivity contribution is 0.175. The highest BCUT2D eigenvalue weighted by Gasteiger charge is 2.22. The Kier molecular flexibility index (Phi) is 4.11. The van der Waals surface area contributed by atoms with Crippen LogP contribution in [0.5, 0.6) is 5.88 Å². The highest BCUT2D eigenvalue weighted by molar-refractivity contribution is 6.29. The van der Waals surface area contributed by atoms with E-state index in [1.165, 1.54) is 11.1 Å². The first-order chi connectivity index (χ1) is 10.1. The van der Waals surface area contributed by atoms with E-state index in [0.29, 0.717) is 11.0 Å². The van der Waals surface area contributed by atoms with Crippen molar-refractivity contribution < 1.29 is 4.74 Å². The molecule has 0 amide bonds. The van der Waals surface area contributed by atoms with Gasteiger partial charge in [-0.15, -0.1) is 0 Å². The van der Waals surface area contributed by atoms with Crippen LogP contribution >= 0.6 is 11.6 Å². The average molecular weight is 303 g/mol. The second kappa shape index (κ2) is 6.02. The summed E-state index contributed by atoms with van der Waals surface area (Å²) in [5, 5.41) is 0.438. The molecule has 110 valence electrons. The number of hydrogen-bond acceptors (Lipinski definition) is 3. The van der Waals surface area contributed by atoms with Gasteiger partial charge in [0, 0.05) is 12.0 Å². The van der Waals surface area contributed by atoms with E-state index in [2.05, 4.69) is 34.2 Å². The molecule has 0 aliphatic heterocycles. The number of fused-ring (bicyclic) bond motifs is 1. The van der Waals surface area contributed by atoms with Gasteiger partial charge in [0.05, 0.1) is 0 Å². The van der Waals surface area contributed by atoms with Gasteiger partial charge < -0.3 is 4.74 Å². The van der Waals surface area contributed by atoms with Gasteiger partial charge in [0.1, 0.15) is 17.1 Å². The second-order valence-corrected chi connectivity index (χ2v) is 6.13. The quantitative estimate of drug-likeness (QED) is 0.770. The molecule has 0 saturated carbocycles. The molecule has 1 aromatic carbocycles. The van der Waals surface area contributed by atoms with Crippen LogP contribution in [0.3, 0.4) is 0 Å². The van der Waals surface area contributed by atoms with Gasteiger partial charge in [-0.2, -0.15) is 4.98 Å². The molecule has 1 aromatic heterocycles. The van der Waals surface area contributed by atoms with Crippen LogP contribution in [0, 0.1) is 0 Å². The van der Waals surface area contributed by atoms with Gasteiger partial charge in [0.2, 0.25) is 5.88 Å². The van der Waals surface area contributed by atoms with Gasteiger partial charge >= 0.3 is 0 Å². The van der Waals surface area contributed by atoms with E-state index >= 15 is 0 Å². The van der Waals surface area contributed by atoms with Crippen molar-refractivity contribution in [1.82, 2.24) is 9.97 Å². The number of aryl methyl sites for hydroxylation is 1. The predicted octanol–water partition coefficient (Wildman–Crippen LogP) is 4.71. The van der Waals surface area contributed by atoms with Crippen molar-refractivity contribution in [2.24, 2.45) is 0 Å². The summed E-state index contributed by atoms with van der Waals surface area (Å²) in [6.07, 6.45) is 3.33. The van der Waals surface area contributed by atoms with Crippen molar-refractivity contribution in [3.8, 4) is 5.88 Å². The summed E-state index contributed by atoms with van der Waals surface area (Å²) in [6.45, 7) is 4.09. The van der Waals surface area contributed by atoms with Crippen LogP contribution in [0.4, 0.5) is 0 Å². The van der Waals surface area contributed by atoms with Gasteiger partial charge in [-0.25, -0.2) is 4.98 Å². The third-order valence-corrected chi connectivity index (χ3v) is 3.98. The summed E-state index contributed by atoms with van der Waals surface area (Å²) in [7, 11) is 0. The minimum absolute atomic E-state index is 0.0564. The Labute approximate surface area is 130 Å². The molecule has 2 aromatic rings. The van der Waals surface area contributed by atoms with Gasteiger partial charge in [-0.1, -0.05) is 49.7 Å². The summed E-state index contributed by atoms with van der Waals surface area (Å²) < 4.78 is 6.12. The molecule has 3 nitrogen and oxygen atoms in total. The molecular weight excluding hydrogens is 284 g/mol. The van der Waals surface area contributed by atoms with Crippen molar-refractivity contribution in [1.29, 1.82) is 0 Å². The number of hydrogen-bond donors (Lipinski definition) is 0. The minimum Gasteiger partial charge on any atom is -0.469 e. The van der Waals surface area contributed by atoms with E-state index in [0.717, 1.165) is 25.1 Å². The monoisotopic (exact) mass is 302 g/mol. The molecule has 1 atom stereocenters. The summed E-state index contributed by atoms with van der Waals surface area (Å²) in [6, 6.07) is 10.2. The molecular formula is C17H19ClN2O. The Morgan fingerprint density at radius 1 is 1.24 bits per heavy atom. The van der Waals surface area contributed by atoms with E-state index in [1.54, 1.807) is 6.07 Å². The van der Waals surface area contributed by atoms with Gasteiger partial charge in [-0.3, -0.25) is 0 Å². The van der Waals surface area contributed by atoms with Gasteiger partial charge in [0.15, 0.2) is 0 Å². The molecule has 0 fully saturated rings. The van der Waals surface area contributed by atoms with Crippen LogP contribution in [0.15, 0.2) is 30.3 Å². The molecule has 21 heavy (non-hydrogen) atoms. The zero-order valence-electron chi connectivity index (χ0n) is 12.3. The lowest BCUT2D eigenvalue weighted by Crippen LogP contribution is -2.16. The molecule has 1 aliphatic rings. The maximum Gasteiger partial charge on any atom is 0.218 e. The average Bonchev–Trinajstić information content (AvgIpc) is 2.47. The van der Waals surface area contributed by atoms with Crippen LogP contribution < -0.4 is 4.74 Å². The van der Waals surface area contributed by atoms with Crippen molar-refractivity contribution in [2.75, 3.05) is 0 Å². The van der Waals surface area contributed by atoms with Crippen molar-refractivity contribution >= 4 is 11.6 Å². The Morgan fingerprint density at radius 3 is 2.86 bits per heavy atom. The fourth-order valence-electron chi connectivity index (χ4n) is 2.71. The second-order valence-electron chi connectivity index (χ2n) is 5.74. The molecule has 0 bridgehead atoms. The van der Waals surface area contributed by atoms with Gasteiger partial charge in [-0.05, 0) is 30.4 Å². The van der Waals surface area contributed by atoms with E-state index in [9.17, 15) is 0 Å². The normalized spacial score (nSPS) is 17.6. The zero-order chi connectivity index (χ0) is 14.8. The molecule has 1 unspecified atom stereocenters. The van der Waals surface area contributed by atoms with Crippen molar-refractivity contribution in [2.45, 2.75) is 45.1 Å². The first kappa shape index (κ1) is 14.3. The van der Waals surface area contributed by atoms with E-state index in [4.69, 9.17) is 16.3 Å². The van der Waals surface area contributed by atoms with E-state index < -0.39 is 0 Å². The molecule has 3 rings (SSSR count). The predicted molar refractivity (Wildman–Crippen MR) is 83.9 cm³/mol. The number of nitrogens with zero attached hydrogens (tertiary/aromatic N) is 2. The van der Waals surface area contributed by atoms with Crippen molar-refractivity contribution in [3.63, 3.8) is 0 Å². The first-order valence-electron chi connectivity index (χ1n) is 7.42. The summed E-state index contributed by atoms with van der Waals surface area (Å²) in [5.41, 5.74) is 2.64. The Hall–Kier alpha value is -1.61. The SMILES string of the molecule is CC(C)c1nc(Cl)cc(OC2CCCc3ccccc32)n1. The molecule has 1 aliphatic carbocycles.